The molecule has 0 unspecified atom stereocenters. The van der Waals surface area contributed by atoms with Gasteiger partial charge in [0.2, 0.25) is 15.9 Å². The van der Waals surface area contributed by atoms with Crippen LogP contribution in [0.2, 0.25) is 5.02 Å². The standard InChI is InChI=1S/C41H30ClF8N9O4S/c1-57-34-29(9-8-24(42)32(34)38(55-57)56-64(2,62)63)59-39(53-27-13-18(6-7-21(27)40(59)61)25-4-3-5-26(51-25)36(45)46)28(12-17-10-19(43)14-20(44)11-17)52-30(60)16-58-35-31(33(54-58)37(47)48)22-15-23(22)41(35,49)50/h3-11,13-14,22-23,28,36-37H,12,15-16H2,1-2H3,(H,52,60)(H,55,56)/t22-,23+,28-/m0/s1. The van der Waals surface area contributed by atoms with E-state index in [1.807, 2.05) is 0 Å². The van der Waals surface area contributed by atoms with Crippen molar-refractivity contribution >= 4 is 55.2 Å². The van der Waals surface area contributed by atoms with Crippen LogP contribution in [0.3, 0.4) is 0 Å². The molecule has 4 aromatic heterocycles. The van der Waals surface area contributed by atoms with Gasteiger partial charge in [-0.3, -0.25) is 28.2 Å². The first-order valence-corrected chi connectivity index (χ1v) is 21.4. The van der Waals surface area contributed by atoms with E-state index < -0.39 is 99.8 Å². The van der Waals surface area contributed by atoms with Crippen molar-refractivity contribution in [2.24, 2.45) is 13.0 Å². The molecule has 0 bridgehead atoms. The number of hydrogen-bond donors (Lipinski definition) is 2. The molecule has 332 valence electrons. The van der Waals surface area contributed by atoms with E-state index in [4.69, 9.17) is 16.6 Å². The molecule has 23 heteroatoms. The molecule has 1 fully saturated rings. The summed E-state index contributed by atoms with van der Waals surface area (Å²) in [5.41, 5.74) is -3.37. The van der Waals surface area contributed by atoms with Gasteiger partial charge in [-0.15, -0.1) is 0 Å². The zero-order valence-electron chi connectivity index (χ0n) is 32.9. The Kier molecular flexibility index (Phi) is 10.3. The van der Waals surface area contributed by atoms with Gasteiger partial charge in [0, 0.05) is 36.6 Å². The summed E-state index contributed by atoms with van der Waals surface area (Å²) < 4.78 is 146. The number of benzene rings is 3. The lowest BCUT2D eigenvalue weighted by Gasteiger charge is -2.24. The van der Waals surface area contributed by atoms with Gasteiger partial charge in [-0.25, -0.2) is 44.7 Å². The number of nitrogens with zero attached hydrogens (tertiary/aromatic N) is 7. The van der Waals surface area contributed by atoms with Crippen LogP contribution in [0.15, 0.2) is 71.5 Å². The number of rotatable bonds is 12. The average molecular weight is 932 g/mol. The Morgan fingerprint density at radius 1 is 0.969 bits per heavy atom. The van der Waals surface area contributed by atoms with Crippen LogP contribution in [0.1, 0.15) is 65.3 Å². The third kappa shape index (κ3) is 7.50. The first-order valence-electron chi connectivity index (χ1n) is 19.2. The van der Waals surface area contributed by atoms with Gasteiger partial charge in [0.15, 0.2) is 5.82 Å². The van der Waals surface area contributed by atoms with E-state index in [0.717, 1.165) is 29.0 Å². The normalized spacial score (nSPS) is 17.0. The number of amides is 1. The van der Waals surface area contributed by atoms with Crippen LogP contribution in [0, 0.1) is 17.6 Å². The molecule has 0 saturated heterocycles. The minimum Gasteiger partial charge on any atom is -0.344 e. The summed E-state index contributed by atoms with van der Waals surface area (Å²) in [5.74, 6) is -9.47. The third-order valence-corrected chi connectivity index (χ3v) is 12.0. The number of anilines is 1. The molecule has 0 aliphatic heterocycles. The molecule has 2 N–H and O–H groups in total. The van der Waals surface area contributed by atoms with Crippen molar-refractivity contribution in [1.29, 1.82) is 0 Å². The van der Waals surface area contributed by atoms with Crippen molar-refractivity contribution < 1.29 is 48.3 Å². The second-order valence-corrected chi connectivity index (χ2v) is 17.7. The predicted molar refractivity (Wildman–Crippen MR) is 216 cm³/mol. The SMILES string of the molecule is Cn1nc(NS(C)(=O)=O)c2c(Cl)ccc(-n3c([C@H](Cc4cc(F)cc(F)c4)NC(=O)Cn4nc(C(F)F)c5c4C(F)(F)[C@@H]4C[C@H]54)nc4cc(-c5cccc(C(F)F)n5)ccc4c3=O)c21. The fourth-order valence-electron chi connectivity index (χ4n) is 8.47. The lowest BCUT2D eigenvalue weighted by atomic mass is 10.0. The quantitative estimate of drug-likeness (QED) is 0.117. The summed E-state index contributed by atoms with van der Waals surface area (Å²) in [4.78, 5) is 37.9. The van der Waals surface area contributed by atoms with Gasteiger partial charge in [-0.2, -0.15) is 19.0 Å². The summed E-state index contributed by atoms with van der Waals surface area (Å²) in [5, 5.41) is 10.5. The lowest BCUT2D eigenvalue weighted by Crippen LogP contribution is -2.38. The Hall–Kier alpha value is -6.42. The topological polar surface area (TPSA) is 159 Å². The van der Waals surface area contributed by atoms with Crippen LogP contribution in [0.4, 0.5) is 40.9 Å². The highest BCUT2D eigenvalue weighted by atomic mass is 35.5. The van der Waals surface area contributed by atoms with Crippen LogP contribution < -0.4 is 15.6 Å². The monoisotopic (exact) mass is 931 g/mol. The van der Waals surface area contributed by atoms with Crippen LogP contribution in [-0.2, 0) is 40.8 Å². The fraction of sp³-hybridized carbons (Fsp3) is 0.268. The largest absolute Gasteiger partial charge is 0.344 e. The van der Waals surface area contributed by atoms with E-state index in [1.165, 1.54) is 54.2 Å². The minimum atomic E-state index is -3.96. The number of sulfonamides is 1. The van der Waals surface area contributed by atoms with Crippen LogP contribution >= 0.6 is 11.6 Å². The van der Waals surface area contributed by atoms with Gasteiger partial charge < -0.3 is 5.32 Å². The molecule has 3 atom stereocenters. The molecular weight excluding hydrogens is 902 g/mol. The number of carbonyl (C=O) groups is 1. The van der Waals surface area contributed by atoms with Gasteiger partial charge in [-0.05, 0) is 66.4 Å². The number of pyridine rings is 1. The molecule has 3 aromatic carbocycles. The van der Waals surface area contributed by atoms with Crippen LogP contribution in [-0.4, -0.2) is 54.7 Å². The molecule has 4 heterocycles. The number of halogens is 9. The van der Waals surface area contributed by atoms with Crippen LogP contribution in [0.5, 0.6) is 0 Å². The Balaban J connectivity index is 1.26. The van der Waals surface area contributed by atoms with Gasteiger partial charge >= 0.3 is 0 Å². The third-order valence-electron chi connectivity index (χ3n) is 11.1. The summed E-state index contributed by atoms with van der Waals surface area (Å²) >= 11 is 6.60. The molecule has 1 saturated carbocycles. The first kappa shape index (κ1) is 42.9. The Morgan fingerprint density at radius 3 is 2.39 bits per heavy atom. The molecule has 1 amide bonds. The van der Waals surface area contributed by atoms with Crippen LogP contribution in [0.25, 0.3) is 38.8 Å². The molecule has 7 aromatic rings. The number of hydrogen-bond acceptors (Lipinski definition) is 8. The highest BCUT2D eigenvalue weighted by Crippen LogP contribution is 2.68. The number of nitrogens with one attached hydrogen (secondary N) is 2. The highest BCUT2D eigenvalue weighted by molar-refractivity contribution is 7.92. The first-order chi connectivity index (χ1) is 30.2. The van der Waals surface area contributed by atoms with E-state index >= 15 is 8.78 Å². The molecule has 9 rings (SSSR count). The molecule has 2 aliphatic carbocycles. The van der Waals surface area contributed by atoms with Crippen molar-refractivity contribution in [1.82, 2.24) is 39.4 Å². The summed E-state index contributed by atoms with van der Waals surface area (Å²) in [6.07, 6.45) is -5.88. The molecular formula is C41H30ClF8N9O4S. The molecule has 0 spiro atoms. The van der Waals surface area contributed by atoms with E-state index in [2.05, 4.69) is 25.2 Å². The number of aryl methyl sites for hydroxylation is 1. The van der Waals surface area contributed by atoms with Gasteiger partial charge in [-0.1, -0.05) is 23.7 Å². The Morgan fingerprint density at radius 2 is 1.70 bits per heavy atom. The number of fused-ring (bicyclic) bond motifs is 5. The second-order valence-electron chi connectivity index (χ2n) is 15.5. The second kappa shape index (κ2) is 15.4. The van der Waals surface area contributed by atoms with Crippen molar-refractivity contribution in [3.05, 3.63) is 128 Å². The number of alkyl halides is 6. The number of carbonyl (C=O) groups excluding carboxylic acids is 1. The molecule has 13 nitrogen and oxygen atoms in total. The summed E-state index contributed by atoms with van der Waals surface area (Å²) in [6.45, 7) is -1.04. The van der Waals surface area contributed by atoms with E-state index in [9.17, 15) is 44.3 Å². The maximum absolute atomic E-state index is 15.5. The maximum Gasteiger partial charge on any atom is 0.293 e. The van der Waals surface area contributed by atoms with Crippen molar-refractivity contribution in [3.8, 4) is 16.9 Å². The van der Waals surface area contributed by atoms with Crippen molar-refractivity contribution in [3.63, 3.8) is 0 Å². The fourth-order valence-corrected chi connectivity index (χ4v) is 9.21. The molecule has 2 aliphatic rings. The highest BCUT2D eigenvalue weighted by Gasteiger charge is 2.67. The lowest BCUT2D eigenvalue weighted by molar-refractivity contribution is -0.123. The minimum absolute atomic E-state index is 0.0134. The van der Waals surface area contributed by atoms with Gasteiger partial charge in [0.25, 0.3) is 24.3 Å². The summed E-state index contributed by atoms with van der Waals surface area (Å²) in [6, 6.07) is 11.5. The molecule has 0 radical (unpaired) electrons. The van der Waals surface area contributed by atoms with E-state index in [1.54, 1.807) is 0 Å². The van der Waals surface area contributed by atoms with E-state index in [0.29, 0.717) is 10.7 Å². The maximum atomic E-state index is 15.5. The predicted octanol–water partition coefficient (Wildman–Crippen LogP) is 8.02. The summed E-state index contributed by atoms with van der Waals surface area (Å²) in [7, 11) is -2.55. The average Bonchev–Trinajstić information content (AvgIpc) is 3.75. The zero-order valence-corrected chi connectivity index (χ0v) is 34.5. The van der Waals surface area contributed by atoms with Gasteiger partial charge in [0.1, 0.15) is 41.1 Å². The smallest absolute Gasteiger partial charge is 0.293 e. The van der Waals surface area contributed by atoms with Crippen molar-refractivity contribution in [2.45, 2.75) is 50.1 Å². The molecule has 64 heavy (non-hydrogen) atoms. The van der Waals surface area contributed by atoms with Gasteiger partial charge in [0.05, 0.1) is 50.5 Å². The Bertz CT molecular complexity index is 3250. The van der Waals surface area contributed by atoms with Crippen molar-refractivity contribution in [2.75, 3.05) is 11.0 Å². The number of aromatic nitrogens is 7. The Labute approximate surface area is 360 Å². The van der Waals surface area contributed by atoms with E-state index in [-0.39, 0.29) is 73.0 Å². The zero-order chi connectivity index (χ0) is 45.7.